The number of methoxy groups -OCH3 is 1. The molecule has 2 rings (SSSR count). The molecule has 0 aromatic carbocycles. The largest absolute Gasteiger partial charge is 0.453 e. The number of amides is 1. The Morgan fingerprint density at radius 2 is 2.47 bits per heavy atom. The monoisotopic (exact) mass is 280 g/mol. The van der Waals surface area contributed by atoms with E-state index in [1.54, 1.807) is 17.0 Å². The van der Waals surface area contributed by atoms with Gasteiger partial charge in [-0.1, -0.05) is 11.6 Å². The molecule has 6 nitrogen and oxygen atoms in total. The quantitative estimate of drug-likeness (QED) is 0.894. The van der Waals surface area contributed by atoms with Crippen molar-refractivity contribution < 1.29 is 9.53 Å². The van der Waals surface area contributed by atoms with Crippen LogP contribution in [-0.2, 0) is 4.74 Å². The van der Waals surface area contributed by atoms with Gasteiger partial charge in [0.1, 0.15) is 11.9 Å². The molecule has 1 fully saturated rings. The van der Waals surface area contributed by atoms with Gasteiger partial charge in [0, 0.05) is 19.1 Å². The average molecular weight is 281 g/mol. The Balaban J connectivity index is 2.00. The number of hydrogen-bond acceptors (Lipinski definition) is 5. The van der Waals surface area contributed by atoms with E-state index in [4.69, 9.17) is 16.9 Å². The van der Waals surface area contributed by atoms with Gasteiger partial charge in [0.05, 0.1) is 12.1 Å². The Hall–Kier alpha value is -2.00. The Bertz CT molecular complexity index is 529. The van der Waals surface area contributed by atoms with Crippen LogP contribution in [0.1, 0.15) is 12.1 Å². The molecule has 0 spiro atoms. The van der Waals surface area contributed by atoms with Gasteiger partial charge in [0.25, 0.3) is 0 Å². The maximum absolute atomic E-state index is 11.4. The van der Waals surface area contributed by atoms with Crippen molar-refractivity contribution in [1.82, 2.24) is 9.88 Å². The number of ether oxygens (including phenoxy) is 1. The first-order valence-electron chi connectivity index (χ1n) is 5.80. The van der Waals surface area contributed by atoms with E-state index in [1.165, 1.54) is 7.11 Å². The molecular weight excluding hydrogens is 268 g/mol. The summed E-state index contributed by atoms with van der Waals surface area (Å²) in [6.07, 6.45) is 0.479. The van der Waals surface area contributed by atoms with Crippen LogP contribution in [0.4, 0.5) is 10.6 Å². The summed E-state index contributed by atoms with van der Waals surface area (Å²) in [5.41, 5.74) is 0.189. The number of pyridine rings is 1. The fraction of sp³-hybridized carbons (Fsp3) is 0.417. The molecule has 100 valence electrons. The van der Waals surface area contributed by atoms with E-state index in [1.807, 2.05) is 6.07 Å². The lowest BCUT2D eigenvalue weighted by Crippen LogP contribution is -2.31. The molecule has 0 bridgehead atoms. The van der Waals surface area contributed by atoms with Gasteiger partial charge in [-0.2, -0.15) is 5.26 Å². The highest BCUT2D eigenvalue weighted by Gasteiger charge is 2.26. The molecule has 1 N–H and O–H groups in total. The molecule has 2 heterocycles. The second kappa shape index (κ2) is 5.76. The number of aromatic nitrogens is 1. The van der Waals surface area contributed by atoms with Crippen LogP contribution >= 0.6 is 11.6 Å². The first-order valence-corrected chi connectivity index (χ1v) is 6.18. The van der Waals surface area contributed by atoms with Crippen molar-refractivity contribution in [2.45, 2.75) is 12.5 Å². The minimum atomic E-state index is -0.328. The lowest BCUT2D eigenvalue weighted by atomic mass is 10.2. The highest BCUT2D eigenvalue weighted by Crippen LogP contribution is 2.19. The minimum Gasteiger partial charge on any atom is -0.453 e. The summed E-state index contributed by atoms with van der Waals surface area (Å²) in [4.78, 5) is 17.1. The van der Waals surface area contributed by atoms with Crippen LogP contribution in [0.3, 0.4) is 0 Å². The van der Waals surface area contributed by atoms with Crippen molar-refractivity contribution in [3.63, 3.8) is 0 Å². The number of carbonyl (C=O) groups excluding carboxylic acids is 1. The minimum absolute atomic E-state index is 0.0966. The number of halogens is 1. The van der Waals surface area contributed by atoms with Gasteiger partial charge >= 0.3 is 6.09 Å². The van der Waals surface area contributed by atoms with Crippen molar-refractivity contribution >= 4 is 23.5 Å². The molecule has 0 radical (unpaired) electrons. The molecule has 1 saturated heterocycles. The first kappa shape index (κ1) is 13.4. The third-order valence-electron chi connectivity index (χ3n) is 2.92. The Kier molecular flexibility index (Phi) is 4.07. The lowest BCUT2D eigenvalue weighted by Gasteiger charge is -2.16. The fourth-order valence-corrected chi connectivity index (χ4v) is 2.13. The van der Waals surface area contributed by atoms with E-state index in [0.717, 1.165) is 6.42 Å². The molecule has 1 atom stereocenters. The summed E-state index contributed by atoms with van der Waals surface area (Å²) >= 11 is 5.81. The smallest absolute Gasteiger partial charge is 0.409 e. The molecule has 0 saturated carbocycles. The molecule has 1 aromatic heterocycles. The molecule has 0 unspecified atom stereocenters. The number of anilines is 1. The van der Waals surface area contributed by atoms with E-state index in [9.17, 15) is 4.79 Å². The van der Waals surface area contributed by atoms with Crippen molar-refractivity contribution in [2.75, 3.05) is 25.5 Å². The number of likely N-dealkylation sites (tertiary alicyclic amines) is 1. The Labute approximate surface area is 115 Å². The standard InChI is InChI=1S/C12H13ClN4O2/c1-19-12(18)17-5-4-8(7-17)15-11-3-2-9(13)10(6-14)16-11/h2-3,8H,4-5,7H2,1H3,(H,15,16)/t8-/m1/s1. The Morgan fingerprint density at radius 3 is 3.16 bits per heavy atom. The molecule has 1 aliphatic heterocycles. The normalized spacial score (nSPS) is 17.9. The van der Waals surface area contributed by atoms with Crippen LogP contribution in [-0.4, -0.2) is 42.2 Å². The van der Waals surface area contributed by atoms with Crippen molar-refractivity contribution in [2.24, 2.45) is 0 Å². The first-order chi connectivity index (χ1) is 9.13. The molecule has 1 amide bonds. The zero-order chi connectivity index (χ0) is 13.8. The van der Waals surface area contributed by atoms with E-state index in [-0.39, 0.29) is 17.8 Å². The third kappa shape index (κ3) is 3.06. The number of hydrogen-bond donors (Lipinski definition) is 1. The van der Waals surface area contributed by atoms with Crippen molar-refractivity contribution in [3.05, 3.63) is 22.8 Å². The van der Waals surface area contributed by atoms with Gasteiger partial charge in [0.15, 0.2) is 5.69 Å². The number of nitriles is 1. The zero-order valence-electron chi connectivity index (χ0n) is 10.4. The maximum atomic E-state index is 11.4. The number of nitrogens with one attached hydrogen (secondary N) is 1. The average Bonchev–Trinajstić information content (AvgIpc) is 2.88. The number of rotatable bonds is 2. The summed E-state index contributed by atoms with van der Waals surface area (Å²) in [6, 6.07) is 5.37. The number of carbonyl (C=O) groups is 1. The van der Waals surface area contributed by atoms with E-state index < -0.39 is 0 Å². The van der Waals surface area contributed by atoms with Crippen molar-refractivity contribution in [1.29, 1.82) is 5.26 Å². The topological polar surface area (TPSA) is 78.2 Å². The van der Waals surface area contributed by atoms with Crippen LogP contribution < -0.4 is 5.32 Å². The SMILES string of the molecule is COC(=O)N1CC[C@@H](Nc2ccc(Cl)c(C#N)n2)C1. The fourth-order valence-electron chi connectivity index (χ4n) is 1.98. The summed E-state index contributed by atoms with van der Waals surface area (Å²) < 4.78 is 4.67. The highest BCUT2D eigenvalue weighted by molar-refractivity contribution is 6.31. The van der Waals surface area contributed by atoms with E-state index >= 15 is 0 Å². The molecule has 1 aliphatic rings. The predicted molar refractivity (Wildman–Crippen MR) is 70.0 cm³/mol. The summed E-state index contributed by atoms with van der Waals surface area (Å²) in [5, 5.41) is 12.4. The second-order valence-corrected chi connectivity index (χ2v) is 4.59. The van der Waals surface area contributed by atoms with Crippen LogP contribution in [0.2, 0.25) is 5.02 Å². The highest BCUT2D eigenvalue weighted by atomic mass is 35.5. The molecule has 7 heteroatoms. The van der Waals surface area contributed by atoms with Gasteiger partial charge in [-0.25, -0.2) is 9.78 Å². The molecule has 19 heavy (non-hydrogen) atoms. The summed E-state index contributed by atoms with van der Waals surface area (Å²) in [6.45, 7) is 1.20. The molecule has 1 aromatic rings. The zero-order valence-corrected chi connectivity index (χ0v) is 11.1. The third-order valence-corrected chi connectivity index (χ3v) is 3.23. The van der Waals surface area contributed by atoms with Gasteiger partial charge < -0.3 is 15.0 Å². The van der Waals surface area contributed by atoms with Crippen LogP contribution in [0.5, 0.6) is 0 Å². The maximum Gasteiger partial charge on any atom is 0.409 e. The predicted octanol–water partition coefficient (Wildman–Crippen LogP) is 1.86. The van der Waals surface area contributed by atoms with E-state index in [2.05, 4.69) is 15.0 Å². The van der Waals surface area contributed by atoms with Crippen LogP contribution in [0, 0.1) is 11.3 Å². The van der Waals surface area contributed by atoms with Gasteiger partial charge in [-0.05, 0) is 18.6 Å². The second-order valence-electron chi connectivity index (χ2n) is 4.18. The van der Waals surface area contributed by atoms with Gasteiger partial charge in [-0.15, -0.1) is 0 Å². The Morgan fingerprint density at radius 1 is 1.68 bits per heavy atom. The van der Waals surface area contributed by atoms with Gasteiger partial charge in [-0.3, -0.25) is 0 Å². The van der Waals surface area contributed by atoms with Crippen LogP contribution in [0.15, 0.2) is 12.1 Å². The summed E-state index contributed by atoms with van der Waals surface area (Å²) in [7, 11) is 1.36. The van der Waals surface area contributed by atoms with E-state index in [0.29, 0.717) is 23.9 Å². The molecule has 0 aliphatic carbocycles. The van der Waals surface area contributed by atoms with Crippen LogP contribution in [0.25, 0.3) is 0 Å². The number of nitrogens with zero attached hydrogens (tertiary/aromatic N) is 3. The van der Waals surface area contributed by atoms with Crippen molar-refractivity contribution in [3.8, 4) is 6.07 Å². The lowest BCUT2D eigenvalue weighted by molar-refractivity contribution is 0.133. The molecular formula is C12H13ClN4O2. The van der Waals surface area contributed by atoms with Gasteiger partial charge in [0.2, 0.25) is 0 Å². The summed E-state index contributed by atoms with van der Waals surface area (Å²) in [5.74, 6) is 0.581.